The van der Waals surface area contributed by atoms with E-state index in [0.717, 1.165) is 13.1 Å². The maximum atomic E-state index is 3.68. The van der Waals surface area contributed by atoms with Gasteiger partial charge in [-0.25, -0.2) is 0 Å². The minimum Gasteiger partial charge on any atom is -0.369 e. The van der Waals surface area contributed by atoms with Gasteiger partial charge in [-0.15, -0.1) is 0 Å². The van der Waals surface area contributed by atoms with Gasteiger partial charge in [-0.3, -0.25) is 0 Å². The first-order valence-electron chi connectivity index (χ1n) is 6.24. The Morgan fingerprint density at radius 1 is 1.41 bits per heavy atom. The Hall–Kier alpha value is -0.540. The molecule has 1 saturated heterocycles. The van der Waals surface area contributed by atoms with Crippen molar-refractivity contribution in [2.45, 2.75) is 32.2 Å². The number of nitrogens with zero attached hydrogens (tertiary/aromatic N) is 1. The monoisotopic (exact) mass is 296 g/mol. The molecule has 17 heavy (non-hydrogen) atoms. The van der Waals surface area contributed by atoms with Gasteiger partial charge in [0.2, 0.25) is 0 Å². The summed E-state index contributed by atoms with van der Waals surface area (Å²) in [7, 11) is 2.06. The van der Waals surface area contributed by atoms with Gasteiger partial charge in [-0.1, -0.05) is 6.07 Å². The minimum atomic E-state index is 0.239. The van der Waals surface area contributed by atoms with Gasteiger partial charge in [-0.05, 0) is 67.4 Å². The number of piperidine rings is 1. The molecular formula is C14H21BrN2. The highest BCUT2D eigenvalue weighted by atomic mass is 79.9. The molecule has 2 rings (SSSR count). The highest BCUT2D eigenvalue weighted by Gasteiger charge is 2.29. The van der Waals surface area contributed by atoms with Gasteiger partial charge in [0.25, 0.3) is 0 Å². The van der Waals surface area contributed by atoms with Gasteiger partial charge in [0.15, 0.2) is 0 Å². The predicted octanol–water partition coefficient (Wildman–Crippen LogP) is 3.34. The molecule has 0 amide bonds. The number of rotatable bonds is 2. The summed E-state index contributed by atoms with van der Waals surface area (Å²) in [5, 5.41) is 3.45. The molecule has 0 aliphatic carbocycles. The fraction of sp³-hybridized carbons (Fsp3) is 0.571. The maximum Gasteiger partial charge on any atom is 0.0511 e. The Morgan fingerprint density at radius 3 is 2.82 bits per heavy atom. The Bertz CT molecular complexity index is 405. The number of hydrogen-bond acceptors (Lipinski definition) is 2. The maximum absolute atomic E-state index is 3.68. The van der Waals surface area contributed by atoms with Crippen LogP contribution in [-0.4, -0.2) is 25.7 Å². The van der Waals surface area contributed by atoms with Crippen LogP contribution >= 0.6 is 15.9 Å². The molecule has 94 valence electrons. The molecule has 0 spiro atoms. The van der Waals surface area contributed by atoms with Crippen LogP contribution in [0.4, 0.5) is 5.69 Å². The molecule has 1 heterocycles. The summed E-state index contributed by atoms with van der Waals surface area (Å²) in [6.45, 7) is 6.66. The predicted molar refractivity (Wildman–Crippen MR) is 77.8 cm³/mol. The lowest BCUT2D eigenvalue weighted by Crippen LogP contribution is -2.53. The smallest absolute Gasteiger partial charge is 0.0511 e. The quantitative estimate of drug-likeness (QED) is 0.900. The molecule has 0 radical (unpaired) electrons. The van der Waals surface area contributed by atoms with E-state index in [2.05, 4.69) is 65.2 Å². The van der Waals surface area contributed by atoms with E-state index in [-0.39, 0.29) is 5.54 Å². The molecule has 0 aromatic heterocycles. The summed E-state index contributed by atoms with van der Waals surface area (Å²) in [6.07, 6.45) is 2.50. The zero-order valence-corrected chi connectivity index (χ0v) is 12.5. The molecular weight excluding hydrogens is 276 g/mol. The third-order valence-electron chi connectivity index (χ3n) is 3.74. The van der Waals surface area contributed by atoms with E-state index in [9.17, 15) is 0 Å². The molecule has 0 bridgehead atoms. The van der Waals surface area contributed by atoms with Crippen molar-refractivity contribution in [2.24, 2.45) is 0 Å². The van der Waals surface area contributed by atoms with Crippen LogP contribution in [0.25, 0.3) is 0 Å². The Labute approximate surface area is 113 Å². The molecule has 1 unspecified atom stereocenters. The van der Waals surface area contributed by atoms with Crippen LogP contribution in [0.2, 0.25) is 0 Å². The fourth-order valence-electron chi connectivity index (χ4n) is 2.52. The van der Waals surface area contributed by atoms with Crippen molar-refractivity contribution in [3.8, 4) is 0 Å². The summed E-state index contributed by atoms with van der Waals surface area (Å²) in [5.41, 5.74) is 2.86. The van der Waals surface area contributed by atoms with E-state index in [0.29, 0.717) is 0 Å². The van der Waals surface area contributed by atoms with E-state index >= 15 is 0 Å². The van der Waals surface area contributed by atoms with Crippen LogP contribution in [0.15, 0.2) is 22.7 Å². The van der Waals surface area contributed by atoms with Crippen molar-refractivity contribution >= 4 is 21.6 Å². The van der Waals surface area contributed by atoms with Crippen molar-refractivity contribution in [1.82, 2.24) is 5.32 Å². The van der Waals surface area contributed by atoms with E-state index in [4.69, 9.17) is 0 Å². The first-order chi connectivity index (χ1) is 8.04. The summed E-state index contributed by atoms with van der Waals surface area (Å²) in [6, 6.07) is 6.60. The molecule has 1 atom stereocenters. The fourth-order valence-corrected chi connectivity index (χ4v) is 3.26. The van der Waals surface area contributed by atoms with Gasteiger partial charge in [0.1, 0.15) is 0 Å². The van der Waals surface area contributed by atoms with Crippen LogP contribution in [0.5, 0.6) is 0 Å². The van der Waals surface area contributed by atoms with Crippen molar-refractivity contribution < 1.29 is 0 Å². The lowest BCUT2D eigenvalue weighted by atomic mass is 9.91. The number of halogens is 1. The van der Waals surface area contributed by atoms with Crippen LogP contribution in [0, 0.1) is 6.92 Å². The zero-order chi connectivity index (χ0) is 12.5. The molecule has 3 heteroatoms. The second-order valence-electron chi connectivity index (χ2n) is 5.29. The second-order valence-corrected chi connectivity index (χ2v) is 6.14. The van der Waals surface area contributed by atoms with Gasteiger partial charge in [0, 0.05) is 23.1 Å². The molecule has 1 N–H and O–H groups in total. The van der Waals surface area contributed by atoms with Gasteiger partial charge in [-0.2, -0.15) is 0 Å². The van der Waals surface area contributed by atoms with Crippen molar-refractivity contribution in [3.05, 3.63) is 28.2 Å². The summed E-state index contributed by atoms with van der Waals surface area (Å²) in [4.78, 5) is 2.48. The van der Waals surface area contributed by atoms with Crippen molar-refractivity contribution in [1.29, 1.82) is 0 Å². The van der Waals surface area contributed by atoms with Crippen molar-refractivity contribution in [3.63, 3.8) is 0 Å². The van der Waals surface area contributed by atoms with Crippen LogP contribution in [0.3, 0.4) is 0 Å². The van der Waals surface area contributed by atoms with Crippen LogP contribution in [-0.2, 0) is 0 Å². The molecule has 1 fully saturated rings. The first kappa shape index (κ1) is 12.9. The van der Waals surface area contributed by atoms with Gasteiger partial charge < -0.3 is 10.2 Å². The largest absolute Gasteiger partial charge is 0.369 e. The number of nitrogens with one attached hydrogen (secondary N) is 1. The standard InChI is InChI=1S/C14H21BrN2/c1-11-5-6-13(12(15)9-11)17-8-4-7-14(2,10-17)16-3/h5-6,9,16H,4,7-8,10H2,1-3H3. The minimum absolute atomic E-state index is 0.239. The highest BCUT2D eigenvalue weighted by Crippen LogP contribution is 2.31. The molecule has 0 saturated carbocycles. The zero-order valence-electron chi connectivity index (χ0n) is 10.9. The molecule has 1 aromatic carbocycles. The lowest BCUT2D eigenvalue weighted by Gasteiger charge is -2.42. The molecule has 2 nitrogen and oxygen atoms in total. The van der Waals surface area contributed by atoms with Gasteiger partial charge in [0.05, 0.1) is 5.69 Å². The van der Waals surface area contributed by atoms with Crippen LogP contribution in [0.1, 0.15) is 25.3 Å². The number of benzene rings is 1. The average molecular weight is 297 g/mol. The van der Waals surface area contributed by atoms with E-state index in [1.165, 1.54) is 28.6 Å². The Kier molecular flexibility index (Phi) is 3.79. The summed E-state index contributed by atoms with van der Waals surface area (Å²) >= 11 is 3.68. The van der Waals surface area contributed by atoms with Crippen LogP contribution < -0.4 is 10.2 Å². The van der Waals surface area contributed by atoms with Gasteiger partial charge >= 0.3 is 0 Å². The number of aryl methyl sites for hydroxylation is 1. The topological polar surface area (TPSA) is 15.3 Å². The summed E-state index contributed by atoms with van der Waals surface area (Å²) < 4.78 is 1.21. The van der Waals surface area contributed by atoms with E-state index < -0.39 is 0 Å². The Morgan fingerprint density at radius 2 is 2.18 bits per heavy atom. The first-order valence-corrected chi connectivity index (χ1v) is 7.03. The number of likely N-dealkylation sites (N-methyl/N-ethyl adjacent to an activating group) is 1. The summed E-state index contributed by atoms with van der Waals surface area (Å²) in [5.74, 6) is 0. The number of hydrogen-bond donors (Lipinski definition) is 1. The normalized spacial score (nSPS) is 25.1. The second kappa shape index (κ2) is 4.99. The van der Waals surface area contributed by atoms with E-state index in [1.54, 1.807) is 0 Å². The number of anilines is 1. The van der Waals surface area contributed by atoms with Crippen molar-refractivity contribution in [2.75, 3.05) is 25.0 Å². The molecule has 1 aromatic rings. The Balaban J connectivity index is 2.22. The third kappa shape index (κ3) is 2.83. The molecule has 1 aliphatic heterocycles. The highest BCUT2D eigenvalue weighted by molar-refractivity contribution is 9.10. The van der Waals surface area contributed by atoms with E-state index in [1.807, 2.05) is 0 Å². The average Bonchev–Trinajstić information content (AvgIpc) is 2.29. The molecule has 1 aliphatic rings. The third-order valence-corrected chi connectivity index (χ3v) is 4.38. The SMILES string of the molecule is CNC1(C)CCCN(c2ccc(C)cc2Br)C1. The lowest BCUT2D eigenvalue weighted by molar-refractivity contribution is 0.316.